The van der Waals surface area contributed by atoms with E-state index in [1.165, 1.54) is 6.26 Å². The van der Waals surface area contributed by atoms with Crippen molar-refractivity contribution in [3.05, 3.63) is 41.6 Å². The Labute approximate surface area is 106 Å². The van der Waals surface area contributed by atoms with Gasteiger partial charge in [0.05, 0.1) is 12.0 Å². The zero-order chi connectivity index (χ0) is 13.1. The molecule has 0 radical (unpaired) electrons. The van der Waals surface area contributed by atoms with Crippen LogP contribution in [0.1, 0.15) is 28.7 Å². The van der Waals surface area contributed by atoms with Crippen molar-refractivity contribution < 1.29 is 9.21 Å². The monoisotopic (exact) mass is 247 g/mol. The summed E-state index contributed by atoms with van der Waals surface area (Å²) in [6.45, 7) is 5.35. The molecule has 0 aliphatic heterocycles. The van der Waals surface area contributed by atoms with Crippen LogP contribution in [0.2, 0.25) is 0 Å². The minimum absolute atomic E-state index is 0.122. The van der Waals surface area contributed by atoms with Gasteiger partial charge in [-0.25, -0.2) is 0 Å². The number of hydrogen-bond acceptors (Lipinski definition) is 3. The van der Waals surface area contributed by atoms with Gasteiger partial charge in [-0.1, -0.05) is 0 Å². The van der Waals surface area contributed by atoms with Gasteiger partial charge < -0.3 is 9.32 Å². The minimum atomic E-state index is -0.122. The Bertz CT molecular complexity index is 528. The van der Waals surface area contributed by atoms with E-state index in [9.17, 15) is 4.79 Å². The van der Waals surface area contributed by atoms with E-state index >= 15 is 0 Å². The van der Waals surface area contributed by atoms with E-state index in [4.69, 9.17) is 4.42 Å². The molecule has 2 rings (SSSR count). The normalized spacial score (nSPS) is 10.6. The van der Waals surface area contributed by atoms with Crippen LogP contribution in [0.15, 0.2) is 29.0 Å². The maximum atomic E-state index is 12.0. The van der Waals surface area contributed by atoms with Gasteiger partial charge in [0, 0.05) is 31.9 Å². The molecular formula is C13H17N3O2. The van der Waals surface area contributed by atoms with Crippen LogP contribution in [0.25, 0.3) is 0 Å². The lowest BCUT2D eigenvalue weighted by Gasteiger charge is -2.14. The number of aryl methyl sites for hydroxylation is 2. The molecule has 0 atom stereocenters. The molecule has 5 nitrogen and oxygen atoms in total. The number of rotatable bonds is 4. The van der Waals surface area contributed by atoms with E-state index < -0.39 is 0 Å². The third-order valence-corrected chi connectivity index (χ3v) is 2.86. The topological polar surface area (TPSA) is 51.3 Å². The molecule has 2 aromatic heterocycles. The Hall–Kier alpha value is -2.04. The van der Waals surface area contributed by atoms with Gasteiger partial charge in [-0.2, -0.15) is 5.10 Å². The second-order valence-corrected chi connectivity index (χ2v) is 4.23. The predicted octanol–water partition coefficient (Wildman–Crippen LogP) is 2.08. The van der Waals surface area contributed by atoms with Gasteiger partial charge in [0.1, 0.15) is 0 Å². The summed E-state index contributed by atoms with van der Waals surface area (Å²) in [5.74, 6) is 0.238. The van der Waals surface area contributed by atoms with Crippen molar-refractivity contribution in [2.24, 2.45) is 0 Å². The highest BCUT2D eigenvalue weighted by Gasteiger charge is 2.16. The maximum absolute atomic E-state index is 12.0. The molecule has 0 spiro atoms. The predicted molar refractivity (Wildman–Crippen MR) is 67.1 cm³/mol. The highest BCUT2D eigenvalue weighted by Crippen LogP contribution is 2.11. The molecule has 0 saturated heterocycles. The number of nitrogens with zero attached hydrogens (tertiary/aromatic N) is 3. The summed E-state index contributed by atoms with van der Waals surface area (Å²) in [5, 5.41) is 4.36. The van der Waals surface area contributed by atoms with Crippen molar-refractivity contribution in [3.63, 3.8) is 0 Å². The third-order valence-electron chi connectivity index (χ3n) is 2.86. The first-order chi connectivity index (χ1) is 8.61. The average Bonchev–Trinajstić information content (AvgIpc) is 2.98. The molecule has 1 amide bonds. The Balaban J connectivity index is 2.09. The Morgan fingerprint density at radius 2 is 2.33 bits per heavy atom. The number of carbonyl (C=O) groups excluding carboxylic acids is 1. The molecule has 0 aromatic carbocycles. The fraction of sp³-hybridized carbons (Fsp3) is 0.385. The van der Waals surface area contributed by atoms with Crippen molar-refractivity contribution in [2.45, 2.75) is 26.9 Å². The van der Waals surface area contributed by atoms with Gasteiger partial charge in [-0.15, -0.1) is 0 Å². The van der Waals surface area contributed by atoms with Crippen LogP contribution in [0, 0.1) is 6.92 Å². The summed E-state index contributed by atoms with van der Waals surface area (Å²) in [4.78, 5) is 13.6. The largest absolute Gasteiger partial charge is 0.459 e. The first-order valence-corrected chi connectivity index (χ1v) is 5.93. The van der Waals surface area contributed by atoms with E-state index in [2.05, 4.69) is 5.10 Å². The molecule has 0 N–H and O–H groups in total. The first kappa shape index (κ1) is 12.4. The smallest absolute Gasteiger partial charge is 0.289 e. The van der Waals surface area contributed by atoms with Gasteiger partial charge >= 0.3 is 0 Å². The fourth-order valence-corrected chi connectivity index (χ4v) is 1.79. The molecule has 0 bridgehead atoms. The van der Waals surface area contributed by atoms with Gasteiger partial charge in [-0.05, 0) is 26.0 Å². The van der Waals surface area contributed by atoms with Crippen LogP contribution in [0.3, 0.4) is 0 Å². The minimum Gasteiger partial charge on any atom is -0.459 e. The van der Waals surface area contributed by atoms with Crippen molar-refractivity contribution in [1.82, 2.24) is 14.7 Å². The molecule has 5 heteroatoms. The van der Waals surface area contributed by atoms with Crippen LogP contribution >= 0.6 is 0 Å². The number of furan rings is 1. The molecule has 0 unspecified atom stereocenters. The number of aromatic nitrogens is 2. The molecule has 18 heavy (non-hydrogen) atoms. The van der Waals surface area contributed by atoms with E-state index in [-0.39, 0.29) is 5.91 Å². The lowest BCUT2D eigenvalue weighted by atomic mass is 10.2. The van der Waals surface area contributed by atoms with Crippen molar-refractivity contribution >= 4 is 5.91 Å². The standard InChI is InChI=1S/C13H17N3O2/c1-4-16-9-11(10(2)14-16)8-15(3)13(17)12-6-5-7-18-12/h5-7,9H,4,8H2,1-3H3. The van der Waals surface area contributed by atoms with Gasteiger partial charge in [-0.3, -0.25) is 9.48 Å². The molecule has 0 saturated carbocycles. The number of carbonyl (C=O) groups is 1. The Kier molecular flexibility index (Phi) is 3.50. The zero-order valence-corrected chi connectivity index (χ0v) is 10.9. The molecule has 2 heterocycles. The summed E-state index contributed by atoms with van der Waals surface area (Å²) in [5.41, 5.74) is 2.01. The molecule has 96 valence electrons. The maximum Gasteiger partial charge on any atom is 0.289 e. The van der Waals surface area contributed by atoms with Crippen molar-refractivity contribution in [1.29, 1.82) is 0 Å². The first-order valence-electron chi connectivity index (χ1n) is 5.93. The van der Waals surface area contributed by atoms with Crippen LogP contribution in [-0.4, -0.2) is 27.6 Å². The van der Waals surface area contributed by atoms with Crippen LogP contribution < -0.4 is 0 Å². The summed E-state index contributed by atoms with van der Waals surface area (Å²) in [6, 6.07) is 3.38. The number of amides is 1. The summed E-state index contributed by atoms with van der Waals surface area (Å²) >= 11 is 0. The average molecular weight is 247 g/mol. The highest BCUT2D eigenvalue weighted by atomic mass is 16.3. The van der Waals surface area contributed by atoms with Crippen LogP contribution in [0.5, 0.6) is 0 Å². The lowest BCUT2D eigenvalue weighted by molar-refractivity contribution is 0.0753. The fourth-order valence-electron chi connectivity index (χ4n) is 1.79. The molecular weight excluding hydrogens is 230 g/mol. The lowest BCUT2D eigenvalue weighted by Crippen LogP contribution is -2.25. The Morgan fingerprint density at radius 3 is 2.89 bits per heavy atom. The molecule has 2 aromatic rings. The van der Waals surface area contributed by atoms with Gasteiger partial charge in [0.25, 0.3) is 5.91 Å². The van der Waals surface area contributed by atoms with Crippen molar-refractivity contribution in [2.75, 3.05) is 7.05 Å². The molecule has 0 fully saturated rings. The van der Waals surface area contributed by atoms with E-state index in [1.807, 2.05) is 24.7 Å². The van der Waals surface area contributed by atoms with Crippen LogP contribution in [-0.2, 0) is 13.1 Å². The van der Waals surface area contributed by atoms with Crippen molar-refractivity contribution in [3.8, 4) is 0 Å². The SMILES string of the molecule is CCn1cc(CN(C)C(=O)c2ccco2)c(C)n1. The summed E-state index contributed by atoms with van der Waals surface area (Å²) in [6.07, 6.45) is 3.47. The second kappa shape index (κ2) is 5.08. The van der Waals surface area contributed by atoms with Gasteiger partial charge in [0.2, 0.25) is 0 Å². The summed E-state index contributed by atoms with van der Waals surface area (Å²) in [7, 11) is 1.76. The second-order valence-electron chi connectivity index (χ2n) is 4.23. The molecule has 0 aliphatic rings. The summed E-state index contributed by atoms with van der Waals surface area (Å²) < 4.78 is 6.97. The zero-order valence-electron chi connectivity index (χ0n) is 10.9. The van der Waals surface area contributed by atoms with E-state index in [1.54, 1.807) is 24.1 Å². The highest BCUT2D eigenvalue weighted by molar-refractivity contribution is 5.91. The number of hydrogen-bond donors (Lipinski definition) is 0. The quantitative estimate of drug-likeness (QED) is 0.831. The van der Waals surface area contributed by atoms with E-state index in [0.29, 0.717) is 12.3 Å². The van der Waals surface area contributed by atoms with E-state index in [0.717, 1.165) is 17.8 Å². The van der Waals surface area contributed by atoms with Gasteiger partial charge in [0.15, 0.2) is 5.76 Å². The molecule has 0 aliphatic carbocycles. The Morgan fingerprint density at radius 1 is 1.56 bits per heavy atom. The van der Waals surface area contributed by atoms with Crippen LogP contribution in [0.4, 0.5) is 0 Å². The third kappa shape index (κ3) is 2.45.